The second kappa shape index (κ2) is 9.64. The van der Waals surface area contributed by atoms with Crippen LogP contribution in [0, 0.1) is 11.6 Å². The Morgan fingerprint density at radius 3 is 2.33 bits per heavy atom. The van der Waals surface area contributed by atoms with Crippen molar-refractivity contribution in [2.45, 2.75) is 31.5 Å². The van der Waals surface area contributed by atoms with Gasteiger partial charge < -0.3 is 10.2 Å². The zero-order valence-electron chi connectivity index (χ0n) is 17.5. The number of hydrogen-bond acceptors (Lipinski definition) is 3. The van der Waals surface area contributed by atoms with Crippen molar-refractivity contribution in [1.29, 1.82) is 0 Å². The van der Waals surface area contributed by atoms with Gasteiger partial charge >= 0.3 is 12.2 Å². The predicted octanol–water partition coefficient (Wildman–Crippen LogP) is 4.59. The molecule has 0 aromatic heterocycles. The van der Waals surface area contributed by atoms with Crippen LogP contribution >= 0.6 is 0 Å². The average molecular weight is 491 g/mol. The molecule has 2 aromatic rings. The molecule has 1 fully saturated rings. The van der Waals surface area contributed by atoms with E-state index in [-0.39, 0.29) is 24.8 Å². The van der Waals surface area contributed by atoms with Gasteiger partial charge in [0.2, 0.25) is 10.0 Å². The van der Waals surface area contributed by atoms with Crippen LogP contribution in [-0.4, -0.2) is 44.7 Å². The first-order valence-corrected chi connectivity index (χ1v) is 11.9. The lowest BCUT2D eigenvalue weighted by Gasteiger charge is -2.23. The molecule has 1 aliphatic heterocycles. The first-order chi connectivity index (χ1) is 15.3. The molecule has 1 atom stereocenters. The Morgan fingerprint density at radius 1 is 1.06 bits per heavy atom. The lowest BCUT2D eigenvalue weighted by Crippen LogP contribution is -2.38. The normalized spacial score (nSPS) is 17.5. The number of amides is 2. The Kier molecular flexibility index (Phi) is 7.27. The summed E-state index contributed by atoms with van der Waals surface area (Å²) in [4.78, 5) is 14.2. The summed E-state index contributed by atoms with van der Waals surface area (Å²) in [5, 5.41) is 2.45. The fraction of sp³-hybridized carbons (Fsp3) is 0.381. The second-order valence-electron chi connectivity index (χ2n) is 7.79. The summed E-state index contributed by atoms with van der Waals surface area (Å²) < 4.78 is 93.8. The van der Waals surface area contributed by atoms with Crippen LogP contribution in [0.5, 0.6) is 0 Å². The number of nitrogens with zero attached hydrogens (tertiary/aromatic N) is 1. The third-order valence-electron chi connectivity index (χ3n) is 5.22. The summed E-state index contributed by atoms with van der Waals surface area (Å²) in [6, 6.07) is 4.13. The van der Waals surface area contributed by atoms with Gasteiger partial charge in [-0.05, 0) is 49.6 Å². The first kappa shape index (κ1) is 24.9. The van der Waals surface area contributed by atoms with Crippen LogP contribution in [-0.2, 0) is 16.2 Å². The van der Waals surface area contributed by atoms with Crippen molar-refractivity contribution < 1.29 is 35.2 Å². The van der Waals surface area contributed by atoms with Crippen LogP contribution in [0.25, 0.3) is 11.1 Å². The maximum Gasteiger partial charge on any atom is 0.416 e. The van der Waals surface area contributed by atoms with Crippen molar-refractivity contribution in [3.63, 3.8) is 0 Å². The van der Waals surface area contributed by atoms with Gasteiger partial charge in [-0.1, -0.05) is 6.07 Å². The van der Waals surface area contributed by atoms with Crippen LogP contribution in [0.1, 0.15) is 24.8 Å². The van der Waals surface area contributed by atoms with Crippen LogP contribution in [0.2, 0.25) is 0 Å². The highest BCUT2D eigenvalue weighted by atomic mass is 32.2. The van der Waals surface area contributed by atoms with E-state index in [9.17, 15) is 35.2 Å². The molecular formula is C21H22F5N3O3S. The molecule has 6 nitrogen and oxygen atoms in total. The summed E-state index contributed by atoms with van der Waals surface area (Å²) in [7, 11) is -3.42. The number of benzene rings is 2. The highest BCUT2D eigenvalue weighted by Gasteiger charge is 2.32. The highest BCUT2D eigenvalue weighted by molar-refractivity contribution is 7.88. The minimum Gasteiger partial charge on any atom is -0.324 e. The number of nitrogens with one attached hydrogen (secondary N) is 2. The molecule has 2 amide bonds. The van der Waals surface area contributed by atoms with E-state index in [2.05, 4.69) is 10.0 Å². The van der Waals surface area contributed by atoms with Gasteiger partial charge in [0.05, 0.1) is 23.1 Å². The molecule has 0 saturated carbocycles. The van der Waals surface area contributed by atoms with E-state index in [4.69, 9.17) is 0 Å². The smallest absolute Gasteiger partial charge is 0.324 e. The van der Waals surface area contributed by atoms with E-state index in [0.29, 0.717) is 31.4 Å². The number of carbonyl (C=O) groups excluding carboxylic acids is 1. The number of carbonyl (C=O) groups is 1. The van der Waals surface area contributed by atoms with E-state index in [1.165, 1.54) is 4.90 Å². The molecule has 12 heteroatoms. The van der Waals surface area contributed by atoms with E-state index in [1.807, 2.05) is 0 Å². The molecule has 0 bridgehead atoms. The van der Waals surface area contributed by atoms with Gasteiger partial charge in [0.15, 0.2) is 0 Å². The first-order valence-electron chi connectivity index (χ1n) is 10.0. The molecular weight excluding hydrogens is 469 g/mol. The van der Waals surface area contributed by atoms with E-state index < -0.39 is 50.6 Å². The van der Waals surface area contributed by atoms with Crippen molar-refractivity contribution in [2.75, 3.05) is 24.7 Å². The number of urea groups is 1. The maximum absolute atomic E-state index is 14.4. The second-order valence-corrected chi connectivity index (χ2v) is 9.57. The average Bonchev–Trinajstić information content (AvgIpc) is 2.92. The third kappa shape index (κ3) is 6.41. The Morgan fingerprint density at radius 2 is 1.73 bits per heavy atom. The molecule has 33 heavy (non-hydrogen) atoms. The standard InChI is InChI=1S/C21H22F5N3O3S/c1-33(31,32)28-14-4-3-10-29(11-9-14)20(30)27-18-8-7-13(21(24,25)26)12-15(18)19-16(22)5-2-6-17(19)23/h2,5-8,12,14,28H,3-4,9-11H2,1H3,(H,27,30)/t14-/m0/s1. The Labute approximate surface area is 187 Å². The van der Waals surface area contributed by atoms with Crippen LogP contribution in [0.4, 0.5) is 32.4 Å². The highest BCUT2D eigenvalue weighted by Crippen LogP contribution is 2.38. The van der Waals surface area contributed by atoms with Crippen molar-refractivity contribution in [1.82, 2.24) is 9.62 Å². The number of likely N-dealkylation sites (tertiary alicyclic amines) is 1. The summed E-state index contributed by atoms with van der Waals surface area (Å²) >= 11 is 0. The summed E-state index contributed by atoms with van der Waals surface area (Å²) in [6.45, 7) is 0.459. The Bertz CT molecular complexity index is 1120. The van der Waals surface area contributed by atoms with Gasteiger partial charge in [-0.3, -0.25) is 0 Å². The third-order valence-corrected chi connectivity index (χ3v) is 5.98. The minimum absolute atomic E-state index is 0.184. The Balaban J connectivity index is 1.88. The lowest BCUT2D eigenvalue weighted by atomic mass is 9.99. The SMILES string of the molecule is CS(=O)(=O)N[C@H]1CCCN(C(=O)Nc2ccc(C(F)(F)F)cc2-c2c(F)cccc2F)CC1. The fourth-order valence-electron chi connectivity index (χ4n) is 3.71. The maximum atomic E-state index is 14.4. The van der Waals surface area contributed by atoms with Gasteiger partial charge in [0.25, 0.3) is 0 Å². The topological polar surface area (TPSA) is 78.5 Å². The van der Waals surface area contributed by atoms with E-state index in [0.717, 1.165) is 30.5 Å². The monoisotopic (exact) mass is 491 g/mol. The molecule has 1 aliphatic rings. The van der Waals surface area contributed by atoms with Gasteiger partial charge in [-0.2, -0.15) is 13.2 Å². The quantitative estimate of drug-likeness (QED) is 0.615. The van der Waals surface area contributed by atoms with Crippen molar-refractivity contribution in [3.05, 3.63) is 53.6 Å². The molecule has 0 unspecified atom stereocenters. The van der Waals surface area contributed by atoms with Gasteiger partial charge in [-0.25, -0.2) is 26.7 Å². The Hall–Kier alpha value is -2.73. The summed E-state index contributed by atoms with van der Waals surface area (Å²) in [5.74, 6) is -2.15. The van der Waals surface area contributed by atoms with Crippen molar-refractivity contribution >= 4 is 21.7 Å². The van der Waals surface area contributed by atoms with Crippen LogP contribution in [0.15, 0.2) is 36.4 Å². The number of hydrogen-bond donors (Lipinski definition) is 2. The molecule has 180 valence electrons. The minimum atomic E-state index is -4.76. The van der Waals surface area contributed by atoms with Crippen LogP contribution in [0.3, 0.4) is 0 Å². The van der Waals surface area contributed by atoms with Gasteiger partial charge in [0.1, 0.15) is 11.6 Å². The number of halogens is 5. The predicted molar refractivity (Wildman–Crippen MR) is 113 cm³/mol. The number of rotatable bonds is 4. The van der Waals surface area contributed by atoms with E-state index in [1.54, 1.807) is 0 Å². The molecule has 1 heterocycles. The molecule has 2 N–H and O–H groups in total. The molecule has 3 rings (SSSR count). The van der Waals surface area contributed by atoms with Crippen molar-refractivity contribution in [3.8, 4) is 11.1 Å². The molecule has 2 aromatic carbocycles. The molecule has 0 spiro atoms. The number of sulfonamides is 1. The van der Waals surface area contributed by atoms with Crippen LogP contribution < -0.4 is 10.0 Å². The van der Waals surface area contributed by atoms with Gasteiger partial charge in [0, 0.05) is 24.7 Å². The molecule has 0 aliphatic carbocycles. The fourth-order valence-corrected chi connectivity index (χ4v) is 4.55. The lowest BCUT2D eigenvalue weighted by molar-refractivity contribution is -0.137. The molecule has 0 radical (unpaired) electrons. The summed E-state index contributed by atoms with van der Waals surface area (Å²) in [6.07, 6.45) is -2.39. The largest absolute Gasteiger partial charge is 0.416 e. The zero-order chi connectivity index (χ0) is 24.4. The van der Waals surface area contributed by atoms with Gasteiger partial charge in [-0.15, -0.1) is 0 Å². The zero-order valence-corrected chi connectivity index (χ0v) is 18.4. The van der Waals surface area contributed by atoms with E-state index >= 15 is 0 Å². The molecule has 1 saturated heterocycles. The number of anilines is 1. The number of alkyl halides is 3. The van der Waals surface area contributed by atoms with Crippen molar-refractivity contribution in [2.24, 2.45) is 0 Å². The summed E-state index contributed by atoms with van der Waals surface area (Å²) in [5.41, 5.74) is -2.44.